The zero-order chi connectivity index (χ0) is 88.0. The molecule has 3 atom stereocenters. The van der Waals surface area contributed by atoms with Crippen LogP contribution in [0.5, 0.6) is 0 Å². The quantitative estimate of drug-likeness (QED) is 0.0310. The van der Waals surface area contributed by atoms with Gasteiger partial charge in [0.1, 0.15) is 22.2 Å². The van der Waals surface area contributed by atoms with E-state index in [4.69, 9.17) is 14.2 Å². The van der Waals surface area contributed by atoms with Crippen LogP contribution in [0.25, 0.3) is 72.1 Å². The summed E-state index contributed by atoms with van der Waals surface area (Å²) in [5.41, 5.74) is 8.16. The number of aliphatic imine (C=N–C) groups is 1. The van der Waals surface area contributed by atoms with Gasteiger partial charge in [0.15, 0.2) is 11.3 Å². The highest BCUT2D eigenvalue weighted by molar-refractivity contribution is 7.11. The number of carbonyl (C=O) groups is 6. The van der Waals surface area contributed by atoms with Gasteiger partial charge in [-0.1, -0.05) is 18.2 Å². The average Bonchev–Trinajstić information content (AvgIpc) is 1.67. The summed E-state index contributed by atoms with van der Waals surface area (Å²) in [6.45, 7) is 9.16. The predicted octanol–water partition coefficient (Wildman–Crippen LogP) is 13.6. The van der Waals surface area contributed by atoms with Crippen LogP contribution in [0.2, 0.25) is 0 Å². The largest absolute Gasteiger partial charge is 0.384 e. The monoisotopic (exact) mass is 1760 g/mol. The Balaban J connectivity index is 0.000000134. The van der Waals surface area contributed by atoms with Crippen molar-refractivity contribution in [3.05, 3.63) is 190 Å². The SMILES string of the molecule is COCC1(C(=O)Nc2ccc3[nH]nc(-c4ccc(F)cc4)c3c2)CCN(CC(=O)N2CC=C(c3cccs3)CC2)C1.COCC1(C(=O)Nc2ccc3[nH]nc(-c4ccnc(C)c4)c3c2)CCN(CC(=O)N2CCC(F)(C3=NC=CC3)CC2)C1.COCC1(C(=O)Nc2ccc3[nH]nc(-c4ccnc(C5CC5)c4)c3c2)CCN(CC(=O)N2CCC(F)(c3nccs3)CC2)C1. The molecule has 5 saturated heterocycles. The van der Waals surface area contributed by atoms with E-state index in [-0.39, 0.29) is 106 Å². The summed E-state index contributed by atoms with van der Waals surface area (Å²) in [6, 6.07) is 35.3. The molecule has 6 N–H and O–H groups in total. The average molecular weight is 1770 g/mol. The highest BCUT2D eigenvalue weighted by atomic mass is 32.1. The van der Waals surface area contributed by atoms with Crippen LogP contribution in [0.1, 0.15) is 97.8 Å². The Morgan fingerprint density at radius 1 is 0.504 bits per heavy atom. The molecule has 662 valence electrons. The Kier molecular flexibility index (Phi) is 26.0. The van der Waals surface area contributed by atoms with E-state index in [0.717, 1.165) is 78.6 Å². The maximum atomic E-state index is 15.4. The van der Waals surface area contributed by atoms with Crippen molar-refractivity contribution < 1.29 is 56.1 Å². The number of benzene rings is 4. The zero-order valence-corrected chi connectivity index (χ0v) is 73.2. The molecule has 6 fully saturated rings. The van der Waals surface area contributed by atoms with Gasteiger partial charge < -0.3 is 44.9 Å². The molecule has 127 heavy (non-hydrogen) atoms. The number of aryl methyl sites for hydroxylation is 1. The van der Waals surface area contributed by atoms with Gasteiger partial charge in [0.2, 0.25) is 35.4 Å². The Labute approximate surface area is 741 Å². The summed E-state index contributed by atoms with van der Waals surface area (Å²) in [6.07, 6.45) is 17.4. The third-order valence-electron chi connectivity index (χ3n) is 26.1. The lowest BCUT2D eigenvalue weighted by molar-refractivity contribution is -0.136. The molecule has 1 aliphatic carbocycles. The van der Waals surface area contributed by atoms with Crippen molar-refractivity contribution >= 4 is 119 Å². The van der Waals surface area contributed by atoms with E-state index in [2.05, 4.69) is 101 Å². The van der Waals surface area contributed by atoms with Gasteiger partial charge in [-0.2, -0.15) is 15.3 Å². The summed E-state index contributed by atoms with van der Waals surface area (Å²) in [5.74, 6) is -0.192. The first-order valence-electron chi connectivity index (χ1n) is 43.3. The summed E-state index contributed by atoms with van der Waals surface area (Å²) < 4.78 is 60.8. The molecule has 3 unspecified atom stereocenters. The normalized spacial score (nSPS) is 21.2. The van der Waals surface area contributed by atoms with Crippen LogP contribution >= 0.6 is 22.7 Å². The van der Waals surface area contributed by atoms with E-state index in [1.165, 1.54) is 46.8 Å². The summed E-state index contributed by atoms with van der Waals surface area (Å²) in [7, 11) is 4.78. The third kappa shape index (κ3) is 19.4. The first kappa shape index (κ1) is 87.5. The van der Waals surface area contributed by atoms with Crippen LogP contribution < -0.4 is 16.0 Å². The number of hydrogen-bond donors (Lipinski definition) is 6. The number of pyridine rings is 2. The summed E-state index contributed by atoms with van der Waals surface area (Å²) in [5, 5.41) is 38.9. The fourth-order valence-electron chi connectivity index (χ4n) is 18.7. The number of fused-ring (bicyclic) bond motifs is 3. The Hall–Kier alpha value is -11.6. The van der Waals surface area contributed by atoms with Crippen LogP contribution in [0.15, 0.2) is 168 Å². The van der Waals surface area contributed by atoms with Gasteiger partial charge in [0.05, 0.1) is 83.7 Å². The van der Waals surface area contributed by atoms with Crippen LogP contribution in [-0.2, 0) is 48.6 Å². The topological polar surface area (TPSA) is 323 Å². The lowest BCUT2D eigenvalue weighted by Crippen LogP contribution is -2.50. The Morgan fingerprint density at radius 2 is 0.984 bits per heavy atom. The minimum atomic E-state index is -1.47. The maximum Gasteiger partial charge on any atom is 0.237 e. The van der Waals surface area contributed by atoms with Gasteiger partial charge >= 0.3 is 0 Å². The lowest BCUT2D eigenvalue weighted by atomic mass is 9.86. The van der Waals surface area contributed by atoms with Gasteiger partial charge in [0.25, 0.3) is 0 Å². The number of H-pyrrole nitrogens is 3. The van der Waals surface area contributed by atoms with Gasteiger partial charge in [0, 0.05) is 215 Å². The zero-order valence-electron chi connectivity index (χ0n) is 71.6. The Morgan fingerprint density at radius 3 is 1.42 bits per heavy atom. The van der Waals surface area contributed by atoms with E-state index < -0.39 is 27.6 Å². The number of rotatable bonds is 25. The number of carbonyl (C=O) groups excluding carboxylic acids is 6. The number of likely N-dealkylation sites (tertiary alicyclic amines) is 5. The van der Waals surface area contributed by atoms with Crippen molar-refractivity contribution in [1.29, 1.82) is 0 Å². The van der Waals surface area contributed by atoms with Crippen molar-refractivity contribution in [3.8, 4) is 33.8 Å². The number of aromatic nitrogens is 9. The number of nitrogens with zero attached hydrogens (tertiary/aromatic N) is 13. The molecule has 6 amide bonds. The number of halogens is 3. The van der Waals surface area contributed by atoms with Crippen molar-refractivity contribution in [3.63, 3.8) is 0 Å². The fraction of sp³-hybridized carbons (Fsp3) is 0.415. The molecule has 0 bridgehead atoms. The van der Waals surface area contributed by atoms with Gasteiger partial charge in [-0.3, -0.25) is 73.7 Å². The molecular formula is C94H104F3N19O9S2. The number of methoxy groups -OCH3 is 3. The minimum Gasteiger partial charge on any atom is -0.384 e. The van der Waals surface area contributed by atoms with Crippen molar-refractivity contribution in [2.45, 2.75) is 94.8 Å². The highest BCUT2D eigenvalue weighted by Crippen LogP contribution is 2.44. The lowest BCUT2D eigenvalue weighted by Gasteiger charge is -2.37. The van der Waals surface area contributed by atoms with E-state index in [1.807, 2.05) is 107 Å². The van der Waals surface area contributed by atoms with Crippen LogP contribution in [0.3, 0.4) is 0 Å². The number of ether oxygens (including phenoxy) is 3. The molecule has 19 rings (SSSR count). The number of thiazole rings is 1. The predicted molar refractivity (Wildman–Crippen MR) is 484 cm³/mol. The molecule has 1 saturated carbocycles. The minimum absolute atomic E-state index is 0.0403. The third-order valence-corrected chi connectivity index (χ3v) is 28.0. The number of alkyl halides is 2. The van der Waals surface area contributed by atoms with Crippen LogP contribution in [0.4, 0.5) is 30.2 Å². The van der Waals surface area contributed by atoms with Crippen LogP contribution in [0, 0.1) is 29.0 Å². The molecule has 28 nitrogen and oxygen atoms in total. The first-order chi connectivity index (χ1) is 61.6. The smallest absolute Gasteiger partial charge is 0.237 e. The van der Waals surface area contributed by atoms with Crippen molar-refractivity contribution in [2.24, 2.45) is 21.2 Å². The number of amides is 6. The number of allylic oxidation sites excluding steroid dienone is 1. The number of piperidine rings is 2. The molecule has 33 heteroatoms. The number of nitrogens with one attached hydrogen (secondary N) is 6. The first-order valence-corrected chi connectivity index (χ1v) is 45.1. The molecule has 7 aromatic heterocycles. The van der Waals surface area contributed by atoms with E-state index in [0.29, 0.717) is 144 Å². The molecule has 8 aliphatic rings. The molecular weight excluding hydrogens is 1660 g/mol. The Bertz CT molecular complexity index is 5940. The van der Waals surface area contributed by atoms with Crippen molar-refractivity contribution in [1.82, 2.24) is 74.9 Å². The second-order valence-electron chi connectivity index (χ2n) is 34.8. The summed E-state index contributed by atoms with van der Waals surface area (Å²) in [4.78, 5) is 111. The van der Waals surface area contributed by atoms with Gasteiger partial charge in [-0.15, -0.1) is 22.7 Å². The number of aromatic amines is 3. The molecule has 0 spiro atoms. The van der Waals surface area contributed by atoms with E-state index >= 15 is 8.78 Å². The number of thiophene rings is 1. The molecule has 14 heterocycles. The van der Waals surface area contributed by atoms with Gasteiger partial charge in [-0.25, -0.2) is 18.2 Å². The van der Waals surface area contributed by atoms with E-state index in [9.17, 15) is 33.2 Å². The van der Waals surface area contributed by atoms with Crippen molar-refractivity contribution in [2.75, 3.05) is 155 Å². The van der Waals surface area contributed by atoms with Gasteiger partial charge in [-0.05, 0) is 185 Å². The molecule has 0 radical (unpaired) electrons. The second kappa shape index (κ2) is 37.8. The molecule has 4 aromatic carbocycles. The maximum absolute atomic E-state index is 15.4. The molecule has 11 aromatic rings. The molecule has 7 aliphatic heterocycles. The highest BCUT2D eigenvalue weighted by Gasteiger charge is 2.50. The second-order valence-corrected chi connectivity index (χ2v) is 36.7. The fourth-order valence-corrected chi connectivity index (χ4v) is 20.3. The standard InChI is InChI=1S/C32H36FN7O3S.C31H36FN7O3.C31H32FN5O3S/c1-43-20-31(7-12-39(19-31)18-27(41)40-13-8-32(33,9-14-40)30-35-11-15-44-30)29(42)36-23-4-5-25-24(17-23)28(38-37-25)22-6-10-34-26(16-22)21-2-3-21;1-21-16-22(7-12-33-21)28-24-17-23(5-6-25(24)36-37-28)35-29(41)30(20-42-2)8-13-38(19-30)18-27(40)39-14-9-31(32,10-15-39)26-4-3-11-34-26;1-40-20-31(12-15-36(19-31)18-28(38)37-13-10-21(11-14-37)27-3-2-16-41-27)30(39)33-24-8-9-26-25(17-24)29(35-34-26)22-4-6-23(32)7-5-22/h4-6,10-11,15-17,21H,2-3,7-9,12-14,18-20H2,1H3,(H,36,42)(H,37,38);3,5-7,11-12,16-17H,4,8-10,13-15,18-20H2,1-2H3,(H,35,41)(H,36,37);2-10,16-17H,11-15,18-20H2,1H3,(H,33,39)(H,34,35). The number of anilines is 3. The summed E-state index contributed by atoms with van der Waals surface area (Å²) >= 11 is 3.05. The number of hydrogen-bond acceptors (Lipinski definition) is 21. The van der Waals surface area contributed by atoms with E-state index in [1.54, 1.807) is 78.6 Å². The van der Waals surface area contributed by atoms with Crippen LogP contribution in [-0.4, -0.2) is 261 Å².